The maximum absolute atomic E-state index is 13.3. The third-order valence-corrected chi connectivity index (χ3v) is 8.69. The van der Waals surface area contributed by atoms with Crippen molar-refractivity contribution in [2.45, 2.75) is 0 Å². The van der Waals surface area contributed by atoms with Crippen molar-refractivity contribution in [1.29, 1.82) is 0 Å². The van der Waals surface area contributed by atoms with E-state index in [0.717, 1.165) is 39.8 Å². The Labute approximate surface area is 270 Å². The van der Waals surface area contributed by atoms with E-state index in [1.165, 1.54) is 0 Å². The Bertz CT molecular complexity index is 1880. The largest absolute Gasteiger partial charge is 0.496 e. The molecule has 6 aromatic rings. The van der Waals surface area contributed by atoms with Crippen molar-refractivity contribution in [3.8, 4) is 22.6 Å². The summed E-state index contributed by atoms with van der Waals surface area (Å²) in [4.78, 5) is 26.7. The number of carbonyl (C=O) groups excluding carboxylic acids is 2. The van der Waals surface area contributed by atoms with Gasteiger partial charge >= 0.3 is 0 Å². The van der Waals surface area contributed by atoms with Crippen LogP contribution >= 0.6 is 45.2 Å². The summed E-state index contributed by atoms with van der Waals surface area (Å²) in [7, 11) is 3.30. The molecule has 6 rings (SSSR count). The first-order valence-electron chi connectivity index (χ1n) is 13.2. The van der Waals surface area contributed by atoms with Crippen LogP contribution in [0.3, 0.4) is 0 Å². The molecule has 0 radical (unpaired) electrons. The standard InChI is InChI=1S/C36H24I2O4/c1-41-31-15-11-21-17-25(35(39)23-5-3-7-27(37)19-23)9-13-29(21)33(31)34-30-14-10-26(18-22(30)12-16-32(34)42-2)36(40)24-6-4-8-28(38)20-24/h3-20H,1-2H3. The summed E-state index contributed by atoms with van der Waals surface area (Å²) in [5.41, 5.74) is 4.26. The van der Waals surface area contributed by atoms with Crippen LogP contribution < -0.4 is 9.47 Å². The molecule has 0 aromatic heterocycles. The lowest BCUT2D eigenvalue weighted by Crippen LogP contribution is -2.02. The third-order valence-electron chi connectivity index (χ3n) is 7.35. The highest BCUT2D eigenvalue weighted by Crippen LogP contribution is 2.45. The molecule has 0 aliphatic rings. The summed E-state index contributed by atoms with van der Waals surface area (Å²) >= 11 is 4.43. The maximum Gasteiger partial charge on any atom is 0.193 e. The van der Waals surface area contributed by atoms with Crippen molar-refractivity contribution in [3.05, 3.63) is 139 Å². The van der Waals surface area contributed by atoms with Crippen molar-refractivity contribution < 1.29 is 19.1 Å². The molecule has 0 unspecified atom stereocenters. The van der Waals surface area contributed by atoms with Crippen LogP contribution in [0.15, 0.2) is 109 Å². The van der Waals surface area contributed by atoms with Crippen molar-refractivity contribution in [2.24, 2.45) is 0 Å². The second-order valence-electron chi connectivity index (χ2n) is 9.84. The molecule has 42 heavy (non-hydrogen) atoms. The highest BCUT2D eigenvalue weighted by atomic mass is 127. The summed E-state index contributed by atoms with van der Waals surface area (Å²) in [6.45, 7) is 0. The third kappa shape index (κ3) is 5.29. The van der Waals surface area contributed by atoms with Crippen LogP contribution in [-0.4, -0.2) is 25.8 Å². The summed E-state index contributed by atoms with van der Waals surface area (Å²) in [5, 5.41) is 3.68. The smallest absolute Gasteiger partial charge is 0.193 e. The van der Waals surface area contributed by atoms with E-state index in [0.29, 0.717) is 33.8 Å². The molecule has 0 spiro atoms. The van der Waals surface area contributed by atoms with Crippen LogP contribution in [-0.2, 0) is 0 Å². The van der Waals surface area contributed by atoms with E-state index in [9.17, 15) is 9.59 Å². The quantitative estimate of drug-likeness (QED) is 0.120. The van der Waals surface area contributed by atoms with Crippen LogP contribution in [0.25, 0.3) is 32.7 Å². The van der Waals surface area contributed by atoms with Gasteiger partial charge in [-0.15, -0.1) is 0 Å². The maximum atomic E-state index is 13.3. The van der Waals surface area contributed by atoms with Gasteiger partial charge in [-0.1, -0.05) is 60.7 Å². The zero-order valence-electron chi connectivity index (χ0n) is 22.8. The first kappa shape index (κ1) is 28.4. The molecule has 0 fully saturated rings. The molecule has 0 saturated carbocycles. The molecule has 0 saturated heterocycles. The van der Waals surface area contributed by atoms with Crippen molar-refractivity contribution in [1.82, 2.24) is 0 Å². The van der Waals surface area contributed by atoms with Gasteiger partial charge in [0.2, 0.25) is 0 Å². The van der Waals surface area contributed by atoms with Gasteiger partial charge in [-0.25, -0.2) is 0 Å². The van der Waals surface area contributed by atoms with E-state index in [1.54, 1.807) is 14.2 Å². The Balaban J connectivity index is 1.52. The monoisotopic (exact) mass is 774 g/mol. The minimum absolute atomic E-state index is 0.0270. The van der Waals surface area contributed by atoms with Crippen LogP contribution in [0.5, 0.6) is 11.5 Å². The zero-order valence-corrected chi connectivity index (χ0v) is 27.1. The minimum atomic E-state index is -0.0270. The van der Waals surface area contributed by atoms with Gasteiger partial charge < -0.3 is 9.47 Å². The highest BCUT2D eigenvalue weighted by Gasteiger charge is 2.21. The van der Waals surface area contributed by atoms with Crippen LogP contribution in [0.2, 0.25) is 0 Å². The van der Waals surface area contributed by atoms with Gasteiger partial charge in [0.15, 0.2) is 11.6 Å². The number of methoxy groups -OCH3 is 2. The number of rotatable bonds is 7. The summed E-state index contributed by atoms with van der Waals surface area (Å²) in [6, 6.07) is 34.5. The van der Waals surface area contributed by atoms with Crippen molar-refractivity contribution >= 4 is 78.3 Å². The van der Waals surface area contributed by atoms with Crippen LogP contribution in [0.4, 0.5) is 0 Å². The molecule has 0 aliphatic carbocycles. The Hall–Kier alpha value is -3.76. The van der Waals surface area contributed by atoms with E-state index in [-0.39, 0.29) is 11.6 Å². The molecule has 0 bridgehead atoms. The molecule has 206 valence electrons. The van der Waals surface area contributed by atoms with Gasteiger partial charge in [-0.2, -0.15) is 0 Å². The Morgan fingerprint density at radius 1 is 0.500 bits per heavy atom. The van der Waals surface area contributed by atoms with Gasteiger partial charge in [0, 0.05) is 40.5 Å². The minimum Gasteiger partial charge on any atom is -0.496 e. The second kappa shape index (κ2) is 11.9. The molecule has 0 N–H and O–H groups in total. The summed E-state index contributed by atoms with van der Waals surface area (Å²) in [5.74, 6) is 1.31. The molecule has 6 aromatic carbocycles. The fourth-order valence-electron chi connectivity index (χ4n) is 5.35. The average Bonchev–Trinajstić information content (AvgIpc) is 3.02. The number of halogens is 2. The highest BCUT2D eigenvalue weighted by molar-refractivity contribution is 14.1. The van der Waals surface area contributed by atoms with E-state index in [2.05, 4.69) is 45.2 Å². The van der Waals surface area contributed by atoms with Gasteiger partial charge in [0.05, 0.1) is 14.2 Å². The predicted octanol–water partition coefficient (Wildman–Crippen LogP) is 9.35. The van der Waals surface area contributed by atoms with Gasteiger partial charge in [-0.05, 0) is 115 Å². The Morgan fingerprint density at radius 3 is 1.29 bits per heavy atom. The van der Waals surface area contributed by atoms with Gasteiger partial charge in [0.25, 0.3) is 0 Å². The van der Waals surface area contributed by atoms with Gasteiger partial charge in [-0.3, -0.25) is 9.59 Å². The number of hydrogen-bond acceptors (Lipinski definition) is 4. The molecule has 0 amide bonds. The fraction of sp³-hybridized carbons (Fsp3) is 0.0556. The lowest BCUT2D eigenvalue weighted by molar-refractivity contribution is 0.103. The average molecular weight is 774 g/mol. The molecule has 0 aliphatic heterocycles. The Morgan fingerprint density at radius 2 is 0.905 bits per heavy atom. The lowest BCUT2D eigenvalue weighted by Gasteiger charge is -2.18. The topological polar surface area (TPSA) is 52.6 Å². The molecule has 0 atom stereocenters. The second-order valence-corrected chi connectivity index (χ2v) is 12.3. The number of carbonyl (C=O) groups is 2. The molecule has 0 heterocycles. The molecule has 4 nitrogen and oxygen atoms in total. The molecular formula is C36H24I2O4. The van der Waals surface area contributed by atoms with Crippen LogP contribution in [0, 0.1) is 7.14 Å². The summed E-state index contributed by atoms with van der Waals surface area (Å²) < 4.78 is 13.8. The number of ether oxygens (including phenoxy) is 2. The normalized spacial score (nSPS) is 11.0. The van der Waals surface area contributed by atoms with E-state index in [1.807, 2.05) is 109 Å². The summed E-state index contributed by atoms with van der Waals surface area (Å²) in [6.07, 6.45) is 0. The van der Waals surface area contributed by atoms with E-state index in [4.69, 9.17) is 9.47 Å². The van der Waals surface area contributed by atoms with E-state index < -0.39 is 0 Å². The number of hydrogen-bond donors (Lipinski definition) is 0. The van der Waals surface area contributed by atoms with Crippen molar-refractivity contribution in [2.75, 3.05) is 14.2 Å². The molecular weight excluding hydrogens is 750 g/mol. The van der Waals surface area contributed by atoms with Gasteiger partial charge in [0.1, 0.15) is 11.5 Å². The van der Waals surface area contributed by atoms with E-state index >= 15 is 0 Å². The number of benzene rings is 6. The van der Waals surface area contributed by atoms with Crippen molar-refractivity contribution in [3.63, 3.8) is 0 Å². The van der Waals surface area contributed by atoms with Crippen LogP contribution in [0.1, 0.15) is 31.8 Å². The first-order valence-corrected chi connectivity index (χ1v) is 15.4. The first-order chi connectivity index (χ1) is 20.4. The number of ketones is 2. The molecule has 6 heteroatoms. The number of fused-ring (bicyclic) bond motifs is 2. The predicted molar refractivity (Wildman–Crippen MR) is 185 cm³/mol. The zero-order chi connectivity index (χ0) is 29.4. The lowest BCUT2D eigenvalue weighted by atomic mass is 9.90. The fourth-order valence-corrected chi connectivity index (χ4v) is 6.44. The Kier molecular flexibility index (Phi) is 8.00. The SMILES string of the molecule is COc1ccc2cc(C(=O)c3cccc(I)c3)ccc2c1-c1c(OC)ccc2cc(C(=O)c3cccc(I)c3)ccc12.